The normalized spacial score (nSPS) is 13.2. The Labute approximate surface area is 231 Å². The number of amides is 3. The molecule has 1 aliphatic rings. The number of carbonyl (C=O) groups is 4. The van der Waals surface area contributed by atoms with Crippen molar-refractivity contribution in [2.24, 2.45) is 5.92 Å². The van der Waals surface area contributed by atoms with Crippen LogP contribution in [-0.4, -0.2) is 35.2 Å². The molecule has 0 atom stereocenters. The lowest BCUT2D eigenvalue weighted by molar-refractivity contribution is -0.138. The van der Waals surface area contributed by atoms with E-state index in [4.69, 9.17) is 16.3 Å². The van der Waals surface area contributed by atoms with E-state index in [1.165, 1.54) is 0 Å². The monoisotopic (exact) mass is 545 g/mol. The number of rotatable bonds is 9. The zero-order valence-corrected chi connectivity index (χ0v) is 22.5. The summed E-state index contributed by atoms with van der Waals surface area (Å²) in [6.07, 6.45) is 0. The molecule has 0 radical (unpaired) electrons. The summed E-state index contributed by atoms with van der Waals surface area (Å²) in [7, 11) is 0. The van der Waals surface area contributed by atoms with Crippen LogP contribution in [0, 0.1) is 12.8 Å². The number of ether oxygens (including phenoxy) is 1. The van der Waals surface area contributed by atoms with Crippen LogP contribution in [-0.2, 0) is 20.9 Å². The van der Waals surface area contributed by atoms with Gasteiger partial charge in [0.2, 0.25) is 0 Å². The summed E-state index contributed by atoms with van der Waals surface area (Å²) in [5.74, 6) is -1.72. The second-order valence-corrected chi connectivity index (χ2v) is 9.93. The van der Waals surface area contributed by atoms with Gasteiger partial charge in [-0.3, -0.25) is 19.3 Å². The number of esters is 1. The minimum Gasteiger partial charge on any atom is -0.462 e. The fourth-order valence-corrected chi connectivity index (χ4v) is 4.05. The van der Waals surface area contributed by atoms with Crippen molar-refractivity contribution in [3.05, 3.63) is 106 Å². The number of hydrogen-bond acceptors (Lipinski definition) is 6. The largest absolute Gasteiger partial charge is 0.462 e. The van der Waals surface area contributed by atoms with E-state index in [-0.39, 0.29) is 23.2 Å². The first-order valence-corrected chi connectivity index (χ1v) is 12.8. The molecule has 2 N–H and O–H groups in total. The molecular formula is C30H28ClN3O5. The standard InChI is InChI=1S/C30H28ClN3O5/c1-18(2)17-39-30(38)21-11-13-23(14-12-21)32-27(35)22-10-9-19(3)24(15-22)33-26-25(31)28(36)34(29(26)37)16-20-7-5-4-6-8-20/h4-15,18,33H,16-17H2,1-3H3,(H,32,35). The number of benzene rings is 3. The average molecular weight is 546 g/mol. The molecule has 8 nitrogen and oxygen atoms in total. The lowest BCUT2D eigenvalue weighted by Gasteiger charge is -2.16. The molecule has 3 aromatic carbocycles. The minimum absolute atomic E-state index is 0.0433. The molecule has 3 amide bonds. The molecule has 0 spiro atoms. The predicted octanol–water partition coefficient (Wildman–Crippen LogP) is 5.49. The Morgan fingerprint density at radius 1 is 0.923 bits per heavy atom. The molecule has 0 fully saturated rings. The van der Waals surface area contributed by atoms with Crippen molar-refractivity contribution < 1.29 is 23.9 Å². The van der Waals surface area contributed by atoms with Crippen LogP contribution in [0.15, 0.2) is 83.5 Å². The molecule has 0 saturated carbocycles. The number of imide groups is 1. The number of nitrogens with zero attached hydrogens (tertiary/aromatic N) is 1. The average Bonchev–Trinajstić information content (AvgIpc) is 3.12. The van der Waals surface area contributed by atoms with Crippen molar-refractivity contribution in [3.63, 3.8) is 0 Å². The topological polar surface area (TPSA) is 105 Å². The van der Waals surface area contributed by atoms with Gasteiger partial charge in [0, 0.05) is 16.9 Å². The van der Waals surface area contributed by atoms with Gasteiger partial charge in [-0.2, -0.15) is 0 Å². The number of aryl methyl sites for hydroxylation is 1. The van der Waals surface area contributed by atoms with Crippen molar-refractivity contribution in [3.8, 4) is 0 Å². The molecule has 4 rings (SSSR count). The summed E-state index contributed by atoms with van der Waals surface area (Å²) >= 11 is 6.26. The van der Waals surface area contributed by atoms with Crippen LogP contribution in [0.25, 0.3) is 0 Å². The van der Waals surface area contributed by atoms with Crippen LogP contribution < -0.4 is 10.6 Å². The highest BCUT2D eigenvalue weighted by molar-refractivity contribution is 6.48. The van der Waals surface area contributed by atoms with Crippen LogP contribution in [0.5, 0.6) is 0 Å². The molecule has 1 heterocycles. The van der Waals surface area contributed by atoms with Gasteiger partial charge in [0.05, 0.1) is 18.7 Å². The third-order valence-corrected chi connectivity index (χ3v) is 6.33. The highest BCUT2D eigenvalue weighted by Crippen LogP contribution is 2.29. The van der Waals surface area contributed by atoms with Gasteiger partial charge in [0.25, 0.3) is 17.7 Å². The number of nitrogens with one attached hydrogen (secondary N) is 2. The third kappa shape index (κ3) is 6.53. The van der Waals surface area contributed by atoms with E-state index in [2.05, 4.69) is 10.6 Å². The molecule has 1 aliphatic heterocycles. The van der Waals surface area contributed by atoms with Crippen LogP contribution in [0.4, 0.5) is 11.4 Å². The Morgan fingerprint density at radius 3 is 2.26 bits per heavy atom. The SMILES string of the molecule is Cc1ccc(C(=O)Nc2ccc(C(=O)OCC(C)C)cc2)cc1NC1=C(Cl)C(=O)N(Cc2ccccc2)C1=O. The summed E-state index contributed by atoms with van der Waals surface area (Å²) < 4.78 is 5.22. The first-order valence-electron chi connectivity index (χ1n) is 12.4. The van der Waals surface area contributed by atoms with Gasteiger partial charge >= 0.3 is 5.97 Å². The maximum Gasteiger partial charge on any atom is 0.338 e. The lowest BCUT2D eigenvalue weighted by Crippen LogP contribution is -2.31. The van der Waals surface area contributed by atoms with Gasteiger partial charge in [-0.05, 0) is 60.4 Å². The number of anilines is 2. The predicted molar refractivity (Wildman–Crippen MR) is 149 cm³/mol. The summed E-state index contributed by atoms with van der Waals surface area (Å²) in [5, 5.41) is 5.53. The minimum atomic E-state index is -0.587. The van der Waals surface area contributed by atoms with Crippen LogP contribution in [0.2, 0.25) is 0 Å². The fraction of sp³-hybridized carbons (Fsp3) is 0.200. The van der Waals surface area contributed by atoms with Crippen molar-refractivity contribution in [2.75, 3.05) is 17.2 Å². The molecule has 0 bridgehead atoms. The van der Waals surface area contributed by atoms with Gasteiger partial charge in [-0.25, -0.2) is 4.79 Å². The molecule has 0 aliphatic carbocycles. The maximum absolute atomic E-state index is 13.0. The summed E-state index contributed by atoms with van der Waals surface area (Å²) in [6.45, 7) is 6.13. The van der Waals surface area contributed by atoms with Gasteiger partial charge in [-0.15, -0.1) is 0 Å². The quantitative estimate of drug-likeness (QED) is 0.272. The van der Waals surface area contributed by atoms with E-state index in [9.17, 15) is 19.2 Å². The second kappa shape index (κ2) is 12.0. The zero-order chi connectivity index (χ0) is 28.1. The van der Waals surface area contributed by atoms with E-state index in [0.29, 0.717) is 29.1 Å². The van der Waals surface area contributed by atoms with E-state index in [1.807, 2.05) is 44.2 Å². The number of halogens is 1. The molecule has 0 unspecified atom stereocenters. The van der Waals surface area contributed by atoms with Crippen molar-refractivity contribution >= 4 is 46.7 Å². The fourth-order valence-electron chi connectivity index (χ4n) is 3.82. The molecule has 0 saturated heterocycles. The second-order valence-electron chi connectivity index (χ2n) is 9.55. The van der Waals surface area contributed by atoms with E-state index in [0.717, 1.165) is 16.0 Å². The smallest absolute Gasteiger partial charge is 0.338 e. The molecule has 9 heteroatoms. The lowest BCUT2D eigenvalue weighted by atomic mass is 10.1. The number of carbonyl (C=O) groups excluding carboxylic acids is 4. The molecular weight excluding hydrogens is 518 g/mol. The van der Waals surface area contributed by atoms with Gasteiger partial charge in [-0.1, -0.05) is 61.8 Å². The Hall–Kier alpha value is -4.43. The number of hydrogen-bond donors (Lipinski definition) is 2. The maximum atomic E-state index is 13.0. The molecule has 39 heavy (non-hydrogen) atoms. The van der Waals surface area contributed by atoms with E-state index >= 15 is 0 Å². The van der Waals surface area contributed by atoms with E-state index < -0.39 is 23.7 Å². The van der Waals surface area contributed by atoms with Crippen molar-refractivity contribution in [1.82, 2.24) is 4.90 Å². The molecule has 0 aromatic heterocycles. The molecule has 3 aromatic rings. The summed E-state index contributed by atoms with van der Waals surface area (Å²) in [5.41, 5.74) is 3.15. The summed E-state index contributed by atoms with van der Waals surface area (Å²) in [4.78, 5) is 51.9. The van der Waals surface area contributed by atoms with Crippen molar-refractivity contribution in [2.45, 2.75) is 27.3 Å². The van der Waals surface area contributed by atoms with Crippen molar-refractivity contribution in [1.29, 1.82) is 0 Å². The first kappa shape index (κ1) is 27.6. The highest BCUT2D eigenvalue weighted by Gasteiger charge is 2.38. The Bertz CT molecular complexity index is 1450. The van der Waals surface area contributed by atoms with Crippen LogP contribution >= 0.6 is 11.6 Å². The van der Waals surface area contributed by atoms with Gasteiger partial charge < -0.3 is 15.4 Å². The van der Waals surface area contributed by atoms with Gasteiger partial charge in [0.1, 0.15) is 10.7 Å². The van der Waals surface area contributed by atoms with Gasteiger partial charge in [0.15, 0.2) is 0 Å². The van der Waals surface area contributed by atoms with Crippen LogP contribution in [0.3, 0.4) is 0 Å². The molecule has 200 valence electrons. The first-order chi connectivity index (χ1) is 18.6. The van der Waals surface area contributed by atoms with Crippen LogP contribution in [0.1, 0.15) is 45.7 Å². The Balaban J connectivity index is 1.45. The van der Waals surface area contributed by atoms with E-state index in [1.54, 1.807) is 49.4 Å². The Kier molecular flexibility index (Phi) is 8.46. The third-order valence-electron chi connectivity index (χ3n) is 5.98. The Morgan fingerprint density at radius 2 is 1.59 bits per heavy atom. The highest BCUT2D eigenvalue weighted by atomic mass is 35.5. The summed E-state index contributed by atoms with van der Waals surface area (Å²) in [6, 6.07) is 20.5. The zero-order valence-electron chi connectivity index (χ0n) is 21.8.